The van der Waals surface area contributed by atoms with E-state index in [0.29, 0.717) is 61.2 Å². The first-order chi connectivity index (χ1) is 25.5. The third-order valence-corrected chi connectivity index (χ3v) is 8.21. The summed E-state index contributed by atoms with van der Waals surface area (Å²) >= 11 is 0. The van der Waals surface area contributed by atoms with Gasteiger partial charge in [0.05, 0.1) is 0 Å². The lowest BCUT2D eigenvalue weighted by molar-refractivity contribution is -0.130. The van der Waals surface area contributed by atoms with E-state index in [1.54, 1.807) is 46.8 Å². The first-order valence-electron chi connectivity index (χ1n) is 17.8. The smallest absolute Gasteiger partial charge is 0.407 e. The van der Waals surface area contributed by atoms with Gasteiger partial charge in [-0.25, -0.2) is 9.59 Å². The molecule has 0 saturated heterocycles. The predicted octanol–water partition coefficient (Wildman–Crippen LogP) is 3.46. The quantitative estimate of drug-likeness (QED) is 0.0484. The molecule has 4 amide bonds. The maximum Gasteiger partial charge on any atom is 0.407 e. The zero-order valence-corrected chi connectivity index (χ0v) is 31.5. The third kappa shape index (κ3) is 15.0. The van der Waals surface area contributed by atoms with Crippen LogP contribution in [0.15, 0.2) is 47.0 Å². The van der Waals surface area contributed by atoms with Gasteiger partial charge >= 0.3 is 12.2 Å². The maximum absolute atomic E-state index is 14.2. The second-order valence-electron chi connectivity index (χ2n) is 14.0. The second kappa shape index (κ2) is 20.4. The molecule has 2 aromatic carbocycles. The number of aryl methyl sites for hydroxylation is 2. The molecule has 0 bridgehead atoms. The Hall–Kier alpha value is -5.87. The summed E-state index contributed by atoms with van der Waals surface area (Å²) in [6.07, 6.45) is 0.156. The average molecular weight is 752 g/mol. The zero-order chi connectivity index (χ0) is 39.8. The lowest BCUT2D eigenvalue weighted by atomic mass is 9.95. The molecule has 17 heteroatoms. The molecule has 1 heterocycles. The van der Waals surface area contributed by atoms with Crippen LogP contribution in [0.1, 0.15) is 92.9 Å². The molecule has 17 nitrogen and oxygen atoms in total. The number of phenolic OH excluding ortho intramolecular Hbond substituents is 1. The molecular weight excluding hydrogens is 698 g/mol. The first-order valence-corrected chi connectivity index (χ1v) is 17.8. The van der Waals surface area contributed by atoms with E-state index in [-0.39, 0.29) is 37.0 Å². The largest absolute Gasteiger partial charge is 0.508 e. The molecule has 10 N–H and O–H groups in total. The van der Waals surface area contributed by atoms with Crippen LogP contribution in [-0.4, -0.2) is 81.1 Å². The molecule has 1 aromatic heterocycles. The Labute approximate surface area is 314 Å². The lowest BCUT2D eigenvalue weighted by Crippen LogP contribution is -2.55. The number of benzene rings is 2. The monoisotopic (exact) mass is 751 g/mol. The summed E-state index contributed by atoms with van der Waals surface area (Å²) < 4.78 is 10.9. The number of rotatable bonds is 19. The molecule has 3 atom stereocenters. The summed E-state index contributed by atoms with van der Waals surface area (Å²) in [5.74, 6) is -0.984. The molecule has 0 unspecified atom stereocenters. The van der Waals surface area contributed by atoms with E-state index >= 15 is 0 Å². The van der Waals surface area contributed by atoms with E-state index in [0.717, 1.165) is 5.56 Å². The normalized spacial score (nSPS) is 12.8. The van der Waals surface area contributed by atoms with Crippen molar-refractivity contribution in [3.8, 4) is 5.75 Å². The summed E-state index contributed by atoms with van der Waals surface area (Å²) in [4.78, 5) is 56.2. The van der Waals surface area contributed by atoms with Crippen LogP contribution >= 0.6 is 0 Å². The molecule has 294 valence electrons. The number of carbonyl (C=O) groups excluding carboxylic acids is 3. The van der Waals surface area contributed by atoms with Crippen LogP contribution in [0.25, 0.3) is 0 Å². The van der Waals surface area contributed by atoms with Crippen molar-refractivity contribution in [2.24, 2.45) is 5.73 Å². The van der Waals surface area contributed by atoms with E-state index in [9.17, 15) is 29.4 Å². The summed E-state index contributed by atoms with van der Waals surface area (Å²) in [5, 5.41) is 44.3. The summed E-state index contributed by atoms with van der Waals surface area (Å²) in [6, 6.07) is 9.45. The van der Waals surface area contributed by atoms with Gasteiger partial charge in [-0.2, -0.15) is 4.98 Å². The van der Waals surface area contributed by atoms with Crippen LogP contribution in [0.5, 0.6) is 5.75 Å². The molecule has 0 radical (unpaired) electrons. The highest BCUT2D eigenvalue weighted by Gasteiger charge is 2.31. The number of unbranched alkanes of at least 4 members (excludes halogenated alkanes) is 1. The molecule has 0 spiro atoms. The van der Waals surface area contributed by atoms with Crippen LogP contribution < -0.4 is 32.3 Å². The van der Waals surface area contributed by atoms with Gasteiger partial charge in [-0.15, -0.1) is 0 Å². The van der Waals surface area contributed by atoms with Crippen molar-refractivity contribution in [2.45, 2.75) is 103 Å². The van der Waals surface area contributed by atoms with Crippen molar-refractivity contribution >= 4 is 30.0 Å². The van der Waals surface area contributed by atoms with Gasteiger partial charge in [0, 0.05) is 25.9 Å². The zero-order valence-electron chi connectivity index (χ0n) is 31.5. The molecule has 0 aliphatic heterocycles. The number of phenols is 1. The summed E-state index contributed by atoms with van der Waals surface area (Å²) in [5.41, 5.74) is 7.73. The molecule has 0 fully saturated rings. The third-order valence-electron chi connectivity index (χ3n) is 8.21. The summed E-state index contributed by atoms with van der Waals surface area (Å²) in [6.45, 7) is 9.40. The van der Waals surface area contributed by atoms with Crippen molar-refractivity contribution in [3.05, 3.63) is 76.4 Å². The van der Waals surface area contributed by atoms with Gasteiger partial charge in [0.2, 0.25) is 17.7 Å². The van der Waals surface area contributed by atoms with Crippen LogP contribution in [0.4, 0.5) is 9.59 Å². The highest BCUT2D eigenvalue weighted by molar-refractivity contribution is 5.91. The number of ether oxygens (including phenoxy) is 1. The Balaban J connectivity index is 1.87. The topological polar surface area (TPSA) is 267 Å². The molecule has 0 aliphatic carbocycles. The van der Waals surface area contributed by atoms with Crippen LogP contribution in [0, 0.1) is 19.3 Å². The Kier molecular flexibility index (Phi) is 16.1. The standard InChI is InChI=1S/C37H53N9O8/c1-22-18-25(47)19-23(2)26(22)21-29(43-31(48)27(44-35(50)51)15-11-17-40-34(38)39)32(49)42-28(14-9-10-16-41-36(52)53-37(3,4)5)33-45-30(46-54-33)20-24-12-7-6-8-13-24/h6-8,12-13,18-19,27-29,44,47H,9-11,14-17,20-21H2,1-5H3,(H,41,52)(H,42,49)(H,43,48)(H,50,51)(H4,38,39,40)/t27-,28+,29-/m0/s1. The number of carbonyl (C=O) groups is 4. The Morgan fingerprint density at radius 3 is 2.19 bits per heavy atom. The fourth-order valence-electron chi connectivity index (χ4n) is 5.69. The highest BCUT2D eigenvalue weighted by Crippen LogP contribution is 2.24. The van der Waals surface area contributed by atoms with E-state index in [2.05, 4.69) is 36.7 Å². The van der Waals surface area contributed by atoms with Crippen molar-refractivity contribution in [3.63, 3.8) is 0 Å². The van der Waals surface area contributed by atoms with Gasteiger partial charge in [-0.05, 0) is 101 Å². The first kappa shape index (κ1) is 42.5. The molecular formula is C37H53N9O8. The minimum Gasteiger partial charge on any atom is -0.508 e. The number of nitrogens with one attached hydrogen (secondary N) is 6. The number of amides is 4. The van der Waals surface area contributed by atoms with Gasteiger partial charge in [0.15, 0.2) is 11.8 Å². The number of carboxylic acid groups (broad SMARTS) is 1. The lowest BCUT2D eigenvalue weighted by Gasteiger charge is -2.25. The van der Waals surface area contributed by atoms with Gasteiger partial charge < -0.3 is 51.8 Å². The minimum atomic E-state index is -1.43. The van der Waals surface area contributed by atoms with Gasteiger partial charge in [-0.1, -0.05) is 35.5 Å². The van der Waals surface area contributed by atoms with Crippen molar-refractivity contribution in [1.82, 2.24) is 36.7 Å². The van der Waals surface area contributed by atoms with E-state index in [1.807, 2.05) is 30.3 Å². The fourth-order valence-corrected chi connectivity index (χ4v) is 5.69. The van der Waals surface area contributed by atoms with E-state index in [1.165, 1.54) is 0 Å². The van der Waals surface area contributed by atoms with Crippen molar-refractivity contribution in [2.75, 3.05) is 13.1 Å². The molecule has 54 heavy (non-hydrogen) atoms. The van der Waals surface area contributed by atoms with E-state index in [4.69, 9.17) is 20.4 Å². The number of nitrogens with zero attached hydrogens (tertiary/aromatic N) is 2. The van der Waals surface area contributed by atoms with Crippen molar-refractivity contribution in [1.29, 1.82) is 5.41 Å². The van der Waals surface area contributed by atoms with Crippen LogP contribution in [-0.2, 0) is 27.2 Å². The molecule has 3 rings (SSSR count). The van der Waals surface area contributed by atoms with Crippen molar-refractivity contribution < 1.29 is 38.7 Å². The maximum atomic E-state index is 14.2. The number of aromatic nitrogens is 2. The Morgan fingerprint density at radius 2 is 1.56 bits per heavy atom. The number of alkyl carbamates (subject to hydrolysis) is 1. The van der Waals surface area contributed by atoms with Crippen LogP contribution in [0.3, 0.4) is 0 Å². The predicted molar refractivity (Wildman–Crippen MR) is 200 cm³/mol. The average Bonchev–Trinajstić information content (AvgIpc) is 3.53. The number of guanidine groups is 1. The Morgan fingerprint density at radius 1 is 0.907 bits per heavy atom. The number of hydrogen-bond donors (Lipinski definition) is 9. The molecule has 0 aliphatic rings. The Bertz CT molecular complexity index is 1700. The molecule has 0 saturated carbocycles. The number of nitrogens with two attached hydrogens (primary N) is 1. The fraction of sp³-hybridized carbons (Fsp3) is 0.486. The molecule has 3 aromatic rings. The van der Waals surface area contributed by atoms with E-state index < -0.39 is 47.7 Å². The summed E-state index contributed by atoms with van der Waals surface area (Å²) in [7, 11) is 0. The SMILES string of the molecule is Cc1cc(O)cc(C)c1C[C@H](NC(=O)[C@H](CCCNC(=N)N)NC(=O)O)C(=O)N[C@H](CCCCNC(=O)OC(C)(C)C)c1nc(Cc2ccccc2)no1. The van der Waals surface area contributed by atoms with Gasteiger partial charge in [0.25, 0.3) is 0 Å². The highest BCUT2D eigenvalue weighted by atomic mass is 16.6. The minimum absolute atomic E-state index is 0.0107. The van der Waals surface area contributed by atoms with Gasteiger partial charge in [-0.3, -0.25) is 15.0 Å². The number of hydrogen-bond acceptors (Lipinski definition) is 10. The van der Waals surface area contributed by atoms with Gasteiger partial charge in [0.1, 0.15) is 29.5 Å². The van der Waals surface area contributed by atoms with Crippen LogP contribution in [0.2, 0.25) is 0 Å². The number of aromatic hydroxyl groups is 1. The second-order valence-corrected chi connectivity index (χ2v) is 14.0.